The molecule has 3 heteroatoms. The topological polar surface area (TPSA) is 38.0 Å². The molecule has 0 unspecified atom stereocenters. The Morgan fingerprint density at radius 2 is 1.94 bits per heavy atom. The highest BCUT2D eigenvalue weighted by molar-refractivity contribution is 5.71. The van der Waals surface area contributed by atoms with Gasteiger partial charge in [-0.1, -0.05) is 43.7 Å². The highest BCUT2D eigenvalue weighted by Gasteiger charge is 2.15. The summed E-state index contributed by atoms with van der Waals surface area (Å²) in [6.07, 6.45) is 1.91. The van der Waals surface area contributed by atoms with Gasteiger partial charge in [0, 0.05) is 7.05 Å². The van der Waals surface area contributed by atoms with Crippen molar-refractivity contribution in [1.82, 2.24) is 9.78 Å². The zero-order chi connectivity index (χ0) is 11.5. The number of aromatic hydroxyl groups is 1. The Labute approximate surface area is 95.3 Å². The second-order valence-corrected chi connectivity index (χ2v) is 3.88. The SMILES string of the molecule is CCCc1nn(C)c(O)c1-c1ccccc1. The molecule has 0 fully saturated rings. The van der Waals surface area contributed by atoms with Crippen LogP contribution in [0.25, 0.3) is 11.1 Å². The summed E-state index contributed by atoms with van der Waals surface area (Å²) < 4.78 is 1.54. The summed E-state index contributed by atoms with van der Waals surface area (Å²) in [4.78, 5) is 0. The molecule has 0 spiro atoms. The lowest BCUT2D eigenvalue weighted by atomic mass is 10.0. The summed E-state index contributed by atoms with van der Waals surface area (Å²) in [5.74, 6) is 0.245. The van der Waals surface area contributed by atoms with E-state index in [1.165, 1.54) is 4.68 Å². The minimum atomic E-state index is 0.245. The van der Waals surface area contributed by atoms with Crippen LogP contribution in [0, 0.1) is 0 Å². The molecule has 0 aliphatic carbocycles. The number of aryl methyl sites for hydroxylation is 2. The van der Waals surface area contributed by atoms with Gasteiger partial charge in [-0.25, -0.2) is 4.68 Å². The van der Waals surface area contributed by atoms with Gasteiger partial charge in [0.2, 0.25) is 5.88 Å². The van der Waals surface area contributed by atoms with Gasteiger partial charge in [-0.05, 0) is 12.0 Å². The third kappa shape index (κ3) is 1.81. The van der Waals surface area contributed by atoms with Crippen LogP contribution in [0.3, 0.4) is 0 Å². The van der Waals surface area contributed by atoms with Gasteiger partial charge in [0.15, 0.2) is 0 Å². The zero-order valence-electron chi connectivity index (χ0n) is 9.64. The lowest BCUT2D eigenvalue weighted by Crippen LogP contribution is -1.91. The van der Waals surface area contributed by atoms with E-state index in [0.29, 0.717) is 0 Å². The average Bonchev–Trinajstić information content (AvgIpc) is 2.57. The molecular weight excluding hydrogens is 200 g/mol. The standard InChI is InChI=1S/C13H16N2O/c1-3-7-11-12(13(16)15(2)14-11)10-8-5-4-6-9-10/h4-6,8-9,16H,3,7H2,1-2H3. The molecule has 1 heterocycles. The van der Waals surface area contributed by atoms with Crippen molar-refractivity contribution in [3.05, 3.63) is 36.0 Å². The summed E-state index contributed by atoms with van der Waals surface area (Å²) in [7, 11) is 1.76. The molecule has 0 bridgehead atoms. The number of nitrogens with zero attached hydrogens (tertiary/aromatic N) is 2. The van der Waals surface area contributed by atoms with Crippen molar-refractivity contribution < 1.29 is 5.11 Å². The summed E-state index contributed by atoms with van der Waals surface area (Å²) in [6.45, 7) is 2.11. The minimum Gasteiger partial charge on any atom is -0.493 e. The third-order valence-electron chi connectivity index (χ3n) is 2.64. The Morgan fingerprint density at radius 1 is 1.25 bits per heavy atom. The molecule has 1 N–H and O–H groups in total. The maximum Gasteiger partial charge on any atom is 0.217 e. The van der Waals surface area contributed by atoms with Crippen LogP contribution in [0.2, 0.25) is 0 Å². The van der Waals surface area contributed by atoms with E-state index in [1.54, 1.807) is 7.05 Å². The van der Waals surface area contributed by atoms with E-state index in [2.05, 4.69) is 12.0 Å². The van der Waals surface area contributed by atoms with Crippen LogP contribution in [-0.4, -0.2) is 14.9 Å². The first kappa shape index (κ1) is 10.7. The predicted octanol–water partition coefficient (Wildman–Crippen LogP) is 2.75. The smallest absolute Gasteiger partial charge is 0.217 e. The quantitative estimate of drug-likeness (QED) is 0.856. The van der Waals surface area contributed by atoms with Crippen LogP contribution in [0.4, 0.5) is 0 Å². The summed E-state index contributed by atoms with van der Waals surface area (Å²) in [5, 5.41) is 14.3. The van der Waals surface area contributed by atoms with Gasteiger partial charge in [-0.3, -0.25) is 0 Å². The first-order chi connectivity index (χ1) is 7.74. The lowest BCUT2D eigenvalue weighted by molar-refractivity contribution is 0.420. The van der Waals surface area contributed by atoms with Crippen LogP contribution in [-0.2, 0) is 13.5 Å². The van der Waals surface area contributed by atoms with Crippen molar-refractivity contribution in [1.29, 1.82) is 0 Å². The fourth-order valence-electron chi connectivity index (χ4n) is 1.88. The highest BCUT2D eigenvalue weighted by Crippen LogP contribution is 2.32. The van der Waals surface area contributed by atoms with Crippen LogP contribution < -0.4 is 0 Å². The number of aromatic nitrogens is 2. The van der Waals surface area contributed by atoms with Crippen LogP contribution >= 0.6 is 0 Å². The molecule has 0 radical (unpaired) electrons. The molecule has 0 aliphatic rings. The van der Waals surface area contributed by atoms with E-state index in [1.807, 2.05) is 30.3 Å². The van der Waals surface area contributed by atoms with Gasteiger partial charge in [0.05, 0.1) is 11.3 Å². The third-order valence-corrected chi connectivity index (χ3v) is 2.64. The van der Waals surface area contributed by atoms with Crippen LogP contribution in [0.15, 0.2) is 30.3 Å². The van der Waals surface area contributed by atoms with Gasteiger partial charge < -0.3 is 5.11 Å². The van der Waals surface area contributed by atoms with Crippen molar-refractivity contribution in [2.75, 3.05) is 0 Å². The molecule has 2 aromatic rings. The Hall–Kier alpha value is -1.77. The largest absolute Gasteiger partial charge is 0.493 e. The van der Waals surface area contributed by atoms with E-state index < -0.39 is 0 Å². The molecule has 16 heavy (non-hydrogen) atoms. The highest BCUT2D eigenvalue weighted by atomic mass is 16.3. The number of rotatable bonds is 3. The van der Waals surface area contributed by atoms with Gasteiger partial charge in [0.1, 0.15) is 0 Å². The first-order valence-electron chi connectivity index (χ1n) is 5.54. The van der Waals surface area contributed by atoms with Crippen molar-refractivity contribution in [3.63, 3.8) is 0 Å². The molecule has 1 aromatic heterocycles. The molecule has 0 amide bonds. The lowest BCUT2D eigenvalue weighted by Gasteiger charge is -2.01. The van der Waals surface area contributed by atoms with E-state index in [4.69, 9.17) is 0 Å². The maximum absolute atomic E-state index is 10.00. The average molecular weight is 216 g/mol. The molecule has 0 aliphatic heterocycles. The van der Waals surface area contributed by atoms with Crippen molar-refractivity contribution in [3.8, 4) is 17.0 Å². The summed E-state index contributed by atoms with van der Waals surface area (Å²) in [6, 6.07) is 9.90. The molecule has 84 valence electrons. The number of hydrogen-bond acceptors (Lipinski definition) is 2. The van der Waals surface area contributed by atoms with Gasteiger partial charge in [0.25, 0.3) is 0 Å². The Morgan fingerprint density at radius 3 is 2.56 bits per heavy atom. The monoisotopic (exact) mass is 216 g/mol. The van der Waals surface area contributed by atoms with E-state index >= 15 is 0 Å². The fraction of sp³-hybridized carbons (Fsp3) is 0.308. The molecule has 1 aromatic carbocycles. The van der Waals surface area contributed by atoms with Gasteiger partial charge >= 0.3 is 0 Å². The molecule has 3 nitrogen and oxygen atoms in total. The van der Waals surface area contributed by atoms with Crippen molar-refractivity contribution in [2.45, 2.75) is 19.8 Å². The van der Waals surface area contributed by atoms with Gasteiger partial charge in [-0.15, -0.1) is 0 Å². The fourth-order valence-corrected chi connectivity index (χ4v) is 1.88. The number of benzene rings is 1. The van der Waals surface area contributed by atoms with E-state index in [0.717, 1.165) is 29.7 Å². The zero-order valence-corrected chi connectivity index (χ0v) is 9.64. The van der Waals surface area contributed by atoms with Crippen molar-refractivity contribution in [2.24, 2.45) is 7.05 Å². The van der Waals surface area contributed by atoms with E-state index in [9.17, 15) is 5.11 Å². The Balaban J connectivity index is 2.54. The Bertz CT molecular complexity index is 474. The first-order valence-corrected chi connectivity index (χ1v) is 5.54. The van der Waals surface area contributed by atoms with Crippen molar-refractivity contribution >= 4 is 0 Å². The molecule has 2 rings (SSSR count). The molecule has 0 saturated carbocycles. The van der Waals surface area contributed by atoms with Crippen LogP contribution in [0.5, 0.6) is 5.88 Å². The maximum atomic E-state index is 10.00. The second-order valence-electron chi connectivity index (χ2n) is 3.88. The minimum absolute atomic E-state index is 0.245. The predicted molar refractivity (Wildman–Crippen MR) is 64.3 cm³/mol. The second kappa shape index (κ2) is 4.39. The molecule has 0 saturated heterocycles. The molecule has 0 atom stereocenters. The molecular formula is C13H16N2O. The number of hydrogen-bond donors (Lipinski definition) is 1. The summed E-state index contributed by atoms with van der Waals surface area (Å²) in [5.41, 5.74) is 2.86. The van der Waals surface area contributed by atoms with Crippen LogP contribution in [0.1, 0.15) is 19.0 Å². The Kier molecular flexibility index (Phi) is 2.95. The van der Waals surface area contributed by atoms with Gasteiger partial charge in [-0.2, -0.15) is 5.10 Å². The summed E-state index contributed by atoms with van der Waals surface area (Å²) >= 11 is 0. The van der Waals surface area contributed by atoms with E-state index in [-0.39, 0.29) is 5.88 Å². The normalized spacial score (nSPS) is 10.6.